The highest BCUT2D eigenvalue weighted by atomic mass is 127. The Balaban J connectivity index is 2.04. The minimum atomic E-state index is -0.325. The Morgan fingerprint density at radius 2 is 2.27 bits per heavy atom. The summed E-state index contributed by atoms with van der Waals surface area (Å²) in [6, 6.07) is 0.558. The van der Waals surface area contributed by atoms with Crippen molar-refractivity contribution in [3.05, 3.63) is 0 Å². The first-order valence-corrected chi connectivity index (χ1v) is 6.70. The largest absolute Gasteiger partial charge is 0.368 e. The number of hydrogen-bond acceptors (Lipinski definition) is 6. The second kappa shape index (κ2) is 3.26. The monoisotopic (exact) mass is 318 g/mol. The summed E-state index contributed by atoms with van der Waals surface area (Å²) in [5, 5.41) is 3.34. The normalized spacial score (nSPS) is 18.6. The van der Waals surface area contributed by atoms with Crippen LogP contribution in [0.3, 0.4) is 0 Å². The molecule has 0 spiro atoms. The summed E-state index contributed by atoms with van der Waals surface area (Å²) in [5.41, 5.74) is 6.57. The van der Waals surface area contributed by atoms with E-state index in [-0.39, 0.29) is 21.3 Å². The Bertz CT molecular complexity index is 441. The minimum Gasteiger partial charge on any atom is -0.368 e. The SMILES string of the molecule is CN1I=Nc2c(NC3CC3)nc(N)nc21. The van der Waals surface area contributed by atoms with Gasteiger partial charge in [-0.15, -0.1) is 0 Å². The molecular weight excluding hydrogens is 307 g/mol. The van der Waals surface area contributed by atoms with Crippen molar-refractivity contribution in [2.75, 3.05) is 21.2 Å². The number of anilines is 3. The van der Waals surface area contributed by atoms with Crippen molar-refractivity contribution in [2.24, 2.45) is 3.15 Å². The van der Waals surface area contributed by atoms with Gasteiger partial charge in [0, 0.05) is 13.1 Å². The molecule has 1 aliphatic carbocycles. The van der Waals surface area contributed by atoms with E-state index >= 15 is 0 Å². The molecule has 2 aliphatic rings. The highest BCUT2D eigenvalue weighted by Gasteiger charge is 2.26. The molecule has 0 atom stereocenters. The molecule has 2 heterocycles. The van der Waals surface area contributed by atoms with Gasteiger partial charge < -0.3 is 11.1 Å². The van der Waals surface area contributed by atoms with Crippen molar-refractivity contribution >= 4 is 44.6 Å². The van der Waals surface area contributed by atoms with Crippen molar-refractivity contribution in [3.63, 3.8) is 0 Å². The summed E-state index contributed by atoms with van der Waals surface area (Å²) in [6.07, 6.45) is 2.42. The van der Waals surface area contributed by atoms with E-state index in [0.29, 0.717) is 12.0 Å². The van der Waals surface area contributed by atoms with Crippen LogP contribution in [0.5, 0.6) is 0 Å². The van der Waals surface area contributed by atoms with E-state index in [1.807, 2.05) is 7.05 Å². The molecule has 3 N–H and O–H groups in total. The van der Waals surface area contributed by atoms with Crippen LogP contribution in [0.4, 0.5) is 23.3 Å². The molecule has 3 rings (SSSR count). The predicted octanol–water partition coefficient (Wildman–Crippen LogP) is 1.78. The van der Waals surface area contributed by atoms with E-state index < -0.39 is 0 Å². The van der Waals surface area contributed by atoms with E-state index in [0.717, 1.165) is 17.3 Å². The average Bonchev–Trinajstić information content (AvgIpc) is 2.92. The Labute approximate surface area is 97.8 Å². The smallest absolute Gasteiger partial charge is 0.224 e. The summed E-state index contributed by atoms with van der Waals surface area (Å²) < 4.78 is 6.57. The zero-order chi connectivity index (χ0) is 10.4. The average molecular weight is 318 g/mol. The molecule has 1 aromatic heterocycles. The molecule has 1 fully saturated rings. The van der Waals surface area contributed by atoms with Gasteiger partial charge in [0.2, 0.25) is 5.95 Å². The molecule has 1 aliphatic heterocycles. The number of fused-ring (bicyclic) bond motifs is 1. The van der Waals surface area contributed by atoms with Gasteiger partial charge in [-0.25, -0.2) is 0 Å². The summed E-state index contributed by atoms with van der Waals surface area (Å²) >= 11 is -0.325. The Hall–Kier alpha value is -0.990. The highest BCUT2D eigenvalue weighted by Crippen LogP contribution is 2.45. The molecular formula is C8H11IN6. The molecule has 0 radical (unpaired) electrons. The summed E-state index contributed by atoms with van der Waals surface area (Å²) in [6.45, 7) is 0. The molecule has 15 heavy (non-hydrogen) atoms. The third-order valence-corrected chi connectivity index (χ3v) is 4.13. The number of rotatable bonds is 2. The van der Waals surface area contributed by atoms with E-state index in [2.05, 4.69) is 21.5 Å². The lowest BCUT2D eigenvalue weighted by atomic mass is 10.4. The van der Waals surface area contributed by atoms with Crippen molar-refractivity contribution < 1.29 is 0 Å². The lowest BCUT2D eigenvalue weighted by Crippen LogP contribution is -2.09. The topological polar surface area (TPSA) is 79.4 Å². The minimum absolute atomic E-state index is 0.324. The van der Waals surface area contributed by atoms with Gasteiger partial charge in [-0.3, -0.25) is 3.11 Å². The van der Waals surface area contributed by atoms with Crippen molar-refractivity contribution in [1.29, 1.82) is 0 Å². The van der Waals surface area contributed by atoms with Gasteiger partial charge >= 0.3 is 0 Å². The van der Waals surface area contributed by atoms with Crippen molar-refractivity contribution in [1.82, 2.24) is 9.97 Å². The number of halogens is 1. The molecule has 0 aromatic carbocycles. The van der Waals surface area contributed by atoms with Crippen LogP contribution in [-0.2, 0) is 0 Å². The lowest BCUT2D eigenvalue weighted by Gasteiger charge is -2.10. The molecule has 0 amide bonds. The number of aromatic nitrogens is 2. The molecule has 6 nitrogen and oxygen atoms in total. The fraction of sp³-hybridized carbons (Fsp3) is 0.500. The second-order valence-electron chi connectivity index (χ2n) is 3.66. The van der Waals surface area contributed by atoms with Gasteiger partial charge in [-0.1, -0.05) is 0 Å². The van der Waals surface area contributed by atoms with Gasteiger partial charge in [0.1, 0.15) is 21.3 Å². The molecule has 0 saturated heterocycles. The third kappa shape index (κ3) is 1.64. The van der Waals surface area contributed by atoms with Gasteiger partial charge in [0.25, 0.3) is 0 Å². The molecule has 0 bridgehead atoms. The van der Waals surface area contributed by atoms with Crippen LogP contribution in [0, 0.1) is 0 Å². The third-order valence-electron chi connectivity index (χ3n) is 2.33. The van der Waals surface area contributed by atoms with Gasteiger partial charge in [0.15, 0.2) is 17.3 Å². The zero-order valence-electron chi connectivity index (χ0n) is 8.24. The van der Waals surface area contributed by atoms with E-state index in [9.17, 15) is 0 Å². The first-order valence-electron chi connectivity index (χ1n) is 4.77. The molecule has 7 heteroatoms. The Morgan fingerprint density at radius 3 is 3.00 bits per heavy atom. The highest BCUT2D eigenvalue weighted by molar-refractivity contribution is 14.2. The number of hydrogen-bond donors (Lipinski definition) is 2. The molecule has 80 valence electrons. The Kier molecular flexibility index (Phi) is 2.01. The van der Waals surface area contributed by atoms with Gasteiger partial charge in [-0.05, 0) is 12.8 Å². The van der Waals surface area contributed by atoms with Crippen LogP contribution in [0.2, 0.25) is 0 Å². The second-order valence-corrected chi connectivity index (χ2v) is 6.02. The molecule has 1 saturated carbocycles. The van der Waals surface area contributed by atoms with Crippen LogP contribution in [-0.4, -0.2) is 23.1 Å². The van der Waals surface area contributed by atoms with Crippen LogP contribution in [0.1, 0.15) is 12.8 Å². The Morgan fingerprint density at radius 1 is 1.47 bits per heavy atom. The van der Waals surface area contributed by atoms with Crippen molar-refractivity contribution in [2.45, 2.75) is 18.9 Å². The number of nitrogens with one attached hydrogen (secondary N) is 1. The van der Waals surface area contributed by atoms with E-state index in [1.54, 1.807) is 0 Å². The fourth-order valence-corrected chi connectivity index (χ4v) is 2.93. The summed E-state index contributed by atoms with van der Waals surface area (Å²) in [7, 11) is 2.00. The number of nitrogen functional groups attached to an aromatic ring is 1. The maximum absolute atomic E-state index is 5.67. The summed E-state index contributed by atoms with van der Waals surface area (Å²) in [4.78, 5) is 8.42. The first-order chi connectivity index (χ1) is 7.24. The fourth-order valence-electron chi connectivity index (χ4n) is 1.40. The van der Waals surface area contributed by atoms with E-state index in [1.165, 1.54) is 12.8 Å². The lowest BCUT2D eigenvalue weighted by molar-refractivity contribution is 1.08. The first kappa shape index (κ1) is 9.25. The quantitative estimate of drug-likeness (QED) is 0.642. The van der Waals surface area contributed by atoms with E-state index in [4.69, 9.17) is 5.73 Å². The number of nitrogens with zero attached hydrogens (tertiary/aromatic N) is 4. The van der Waals surface area contributed by atoms with Crippen LogP contribution >= 0.6 is 21.3 Å². The molecule has 0 unspecified atom stereocenters. The van der Waals surface area contributed by atoms with Crippen LogP contribution in [0.15, 0.2) is 3.15 Å². The number of nitrogens with two attached hydrogens (primary N) is 1. The van der Waals surface area contributed by atoms with Gasteiger partial charge in [0.05, 0.1) is 0 Å². The van der Waals surface area contributed by atoms with Crippen LogP contribution < -0.4 is 14.2 Å². The van der Waals surface area contributed by atoms with Crippen molar-refractivity contribution in [3.8, 4) is 0 Å². The van der Waals surface area contributed by atoms with Crippen LogP contribution in [0.25, 0.3) is 0 Å². The maximum atomic E-state index is 5.67. The van der Waals surface area contributed by atoms with Gasteiger partial charge in [-0.2, -0.15) is 13.1 Å². The maximum Gasteiger partial charge on any atom is 0.224 e. The standard InChI is InChI=1S/C8H11IN6/c1-15-7-5(14-9-15)6(11-4-2-3-4)12-8(10)13-7/h4H,2-3H2,1H3,(H3,10,11,12,13). The molecule has 1 aromatic rings. The summed E-state index contributed by atoms with van der Waals surface area (Å²) in [5.74, 6) is 2.01. The zero-order valence-corrected chi connectivity index (χ0v) is 10.4. The predicted molar refractivity (Wildman–Crippen MR) is 67.6 cm³/mol.